The molecule has 1 aromatic rings. The van der Waals surface area contributed by atoms with Crippen LogP contribution in [0.1, 0.15) is 5.69 Å². The maximum absolute atomic E-state index is 9.26. The van der Waals surface area contributed by atoms with E-state index in [1.807, 2.05) is 0 Å². The molecule has 0 bridgehead atoms. The van der Waals surface area contributed by atoms with Gasteiger partial charge in [0.15, 0.2) is 5.69 Å². The third-order valence-electron chi connectivity index (χ3n) is 1.26. The Kier molecular flexibility index (Phi) is 3.62. The zero-order valence-electron chi connectivity index (χ0n) is 6.98. The normalized spacial score (nSPS) is 8.36. The van der Waals surface area contributed by atoms with Crippen LogP contribution >= 0.6 is 11.6 Å². The summed E-state index contributed by atoms with van der Waals surface area (Å²) in [4.78, 5) is 6.30. The fourth-order valence-electron chi connectivity index (χ4n) is 0.710. The molecular weight excluding hydrogens is 204 g/mol. The van der Waals surface area contributed by atoms with E-state index in [-0.39, 0.29) is 23.1 Å². The van der Waals surface area contributed by atoms with Gasteiger partial charge in [0.25, 0.3) is 0 Å². The molecule has 1 aromatic heterocycles. The van der Waals surface area contributed by atoms with E-state index in [0.29, 0.717) is 0 Å². The van der Waals surface area contributed by atoms with Crippen molar-refractivity contribution in [2.45, 2.75) is 0 Å². The largest absolute Gasteiger partial charge is 0.505 e. The molecule has 0 saturated carbocycles. The Morgan fingerprint density at radius 3 is 3.14 bits per heavy atom. The van der Waals surface area contributed by atoms with Crippen LogP contribution in [0, 0.1) is 11.8 Å². The van der Waals surface area contributed by atoms with Crippen LogP contribution in [0.25, 0.3) is 10.4 Å². The molecule has 0 spiro atoms. The zero-order valence-corrected chi connectivity index (χ0v) is 7.73. The van der Waals surface area contributed by atoms with Gasteiger partial charge in [-0.2, -0.15) is 0 Å². The first-order chi connectivity index (χ1) is 6.74. The summed E-state index contributed by atoms with van der Waals surface area (Å²) in [5, 5.41) is 12.7. The van der Waals surface area contributed by atoms with Gasteiger partial charge in [0.05, 0.1) is 6.54 Å². The van der Waals surface area contributed by atoms with Crippen molar-refractivity contribution in [2.75, 3.05) is 6.54 Å². The third kappa shape index (κ3) is 2.87. The van der Waals surface area contributed by atoms with Crippen molar-refractivity contribution >= 4 is 11.6 Å². The second-order valence-corrected chi connectivity index (χ2v) is 2.58. The van der Waals surface area contributed by atoms with Crippen LogP contribution in [-0.4, -0.2) is 16.6 Å². The lowest BCUT2D eigenvalue weighted by atomic mass is 10.3. The molecule has 6 heteroatoms. The Morgan fingerprint density at radius 1 is 1.64 bits per heavy atom. The van der Waals surface area contributed by atoms with Gasteiger partial charge in [-0.15, -0.1) is 0 Å². The van der Waals surface area contributed by atoms with Crippen LogP contribution in [0.2, 0.25) is 5.15 Å². The van der Waals surface area contributed by atoms with Crippen molar-refractivity contribution in [3.63, 3.8) is 0 Å². The minimum Gasteiger partial charge on any atom is -0.505 e. The van der Waals surface area contributed by atoms with Crippen LogP contribution in [0.4, 0.5) is 0 Å². The molecule has 1 heterocycles. The summed E-state index contributed by atoms with van der Waals surface area (Å²) in [7, 11) is 0. The molecule has 0 radical (unpaired) electrons. The van der Waals surface area contributed by atoms with Gasteiger partial charge in [-0.1, -0.05) is 22.6 Å². The molecule has 0 saturated heterocycles. The van der Waals surface area contributed by atoms with Crippen LogP contribution < -0.4 is 0 Å². The molecule has 0 aliphatic heterocycles. The maximum Gasteiger partial charge on any atom is 0.156 e. The topological polar surface area (TPSA) is 81.9 Å². The van der Waals surface area contributed by atoms with E-state index in [4.69, 9.17) is 17.1 Å². The molecule has 0 fully saturated rings. The molecule has 0 amide bonds. The summed E-state index contributed by atoms with van der Waals surface area (Å²) >= 11 is 5.58. The Labute approximate surface area is 85.0 Å². The summed E-state index contributed by atoms with van der Waals surface area (Å²) in [5.74, 6) is 4.99. The minimum absolute atomic E-state index is 0.0319. The van der Waals surface area contributed by atoms with Gasteiger partial charge >= 0.3 is 0 Å². The number of nitrogens with zero attached hydrogens (tertiary/aromatic N) is 4. The second kappa shape index (κ2) is 4.97. The molecule has 70 valence electrons. The van der Waals surface area contributed by atoms with Crippen LogP contribution in [0.15, 0.2) is 17.2 Å². The van der Waals surface area contributed by atoms with Gasteiger partial charge < -0.3 is 5.11 Å². The standard InChI is InChI=1S/C8H5ClN4O/c9-8-4-3-7(14)6(12-8)2-1-5-11-13-10/h3-4,14H,5H2. The minimum atomic E-state index is -0.0529. The van der Waals surface area contributed by atoms with Crippen molar-refractivity contribution in [1.82, 2.24) is 4.98 Å². The van der Waals surface area contributed by atoms with E-state index in [0.717, 1.165) is 0 Å². The number of pyridine rings is 1. The predicted octanol–water partition coefficient (Wildman–Crippen LogP) is 2.10. The first-order valence-corrected chi connectivity index (χ1v) is 3.97. The molecule has 14 heavy (non-hydrogen) atoms. The van der Waals surface area contributed by atoms with Crippen LogP contribution in [0.3, 0.4) is 0 Å². The molecular formula is C8H5ClN4O. The molecule has 5 nitrogen and oxygen atoms in total. The molecule has 0 aliphatic rings. The Morgan fingerprint density at radius 2 is 2.43 bits per heavy atom. The fourth-order valence-corrected chi connectivity index (χ4v) is 0.858. The molecule has 0 aliphatic carbocycles. The van der Waals surface area contributed by atoms with E-state index < -0.39 is 0 Å². The highest BCUT2D eigenvalue weighted by atomic mass is 35.5. The molecule has 1 rings (SSSR count). The number of aromatic hydroxyl groups is 1. The van der Waals surface area contributed by atoms with Gasteiger partial charge in [0, 0.05) is 4.91 Å². The van der Waals surface area contributed by atoms with Crippen molar-refractivity contribution in [2.24, 2.45) is 5.11 Å². The van der Waals surface area contributed by atoms with Crippen molar-refractivity contribution in [3.8, 4) is 17.6 Å². The van der Waals surface area contributed by atoms with Gasteiger partial charge in [-0.3, -0.25) is 0 Å². The van der Waals surface area contributed by atoms with E-state index in [9.17, 15) is 5.11 Å². The predicted molar refractivity (Wildman–Crippen MR) is 51.8 cm³/mol. The number of aromatic nitrogens is 1. The molecule has 1 N–H and O–H groups in total. The highest BCUT2D eigenvalue weighted by Crippen LogP contribution is 2.15. The summed E-state index contributed by atoms with van der Waals surface area (Å²) in [6.45, 7) is 0.0319. The lowest BCUT2D eigenvalue weighted by molar-refractivity contribution is 0.471. The third-order valence-corrected chi connectivity index (χ3v) is 1.47. The summed E-state index contributed by atoms with van der Waals surface area (Å²) in [5.41, 5.74) is 8.14. The smallest absolute Gasteiger partial charge is 0.156 e. The van der Waals surface area contributed by atoms with Crippen molar-refractivity contribution in [1.29, 1.82) is 0 Å². The van der Waals surface area contributed by atoms with Gasteiger partial charge in [0.2, 0.25) is 0 Å². The summed E-state index contributed by atoms with van der Waals surface area (Å²) in [6.07, 6.45) is 0. The summed E-state index contributed by atoms with van der Waals surface area (Å²) < 4.78 is 0. The van der Waals surface area contributed by atoms with Crippen molar-refractivity contribution < 1.29 is 5.11 Å². The Bertz CT molecular complexity index is 442. The monoisotopic (exact) mass is 208 g/mol. The average molecular weight is 209 g/mol. The maximum atomic E-state index is 9.26. The quantitative estimate of drug-likeness (QED) is 0.252. The number of halogens is 1. The van der Waals surface area contributed by atoms with E-state index in [1.54, 1.807) is 0 Å². The number of rotatable bonds is 1. The second-order valence-electron chi connectivity index (χ2n) is 2.19. The first-order valence-electron chi connectivity index (χ1n) is 3.59. The average Bonchev–Trinajstić information content (AvgIpc) is 2.18. The molecule has 0 aromatic carbocycles. The van der Waals surface area contributed by atoms with Gasteiger partial charge in [-0.25, -0.2) is 4.98 Å². The highest BCUT2D eigenvalue weighted by Gasteiger charge is 1.98. The van der Waals surface area contributed by atoms with Crippen LogP contribution in [-0.2, 0) is 0 Å². The Balaban J connectivity index is 2.88. The van der Waals surface area contributed by atoms with E-state index >= 15 is 0 Å². The number of azide groups is 1. The van der Waals surface area contributed by atoms with Gasteiger partial charge in [0.1, 0.15) is 10.9 Å². The summed E-state index contributed by atoms with van der Waals surface area (Å²) in [6, 6.07) is 2.85. The van der Waals surface area contributed by atoms with Gasteiger partial charge in [-0.05, 0) is 23.6 Å². The zero-order chi connectivity index (χ0) is 10.4. The molecule has 0 atom stereocenters. The lowest BCUT2D eigenvalue weighted by Crippen LogP contribution is -1.84. The first kappa shape index (κ1) is 10.2. The van der Waals surface area contributed by atoms with E-state index in [1.165, 1.54) is 12.1 Å². The van der Waals surface area contributed by atoms with Crippen LogP contribution in [0.5, 0.6) is 5.75 Å². The number of hydrogen-bond donors (Lipinski definition) is 1. The Hall–Kier alpha value is -1.89. The highest BCUT2D eigenvalue weighted by molar-refractivity contribution is 6.29. The fraction of sp³-hybridized carbons (Fsp3) is 0.125. The lowest BCUT2D eigenvalue weighted by Gasteiger charge is -1.94. The van der Waals surface area contributed by atoms with Crippen molar-refractivity contribution in [3.05, 3.63) is 33.4 Å². The molecule has 0 unspecified atom stereocenters. The SMILES string of the molecule is [N-]=[N+]=NCC#Cc1nc(Cl)ccc1O. The number of hydrogen-bond acceptors (Lipinski definition) is 3. The van der Waals surface area contributed by atoms with E-state index in [2.05, 4.69) is 26.9 Å².